The van der Waals surface area contributed by atoms with Crippen LogP contribution in [0.1, 0.15) is 63.9 Å². The Morgan fingerprint density at radius 2 is 1.84 bits per heavy atom. The molecular formula is C26H42BrClN2O. The van der Waals surface area contributed by atoms with Crippen LogP contribution in [0.3, 0.4) is 0 Å². The molecule has 0 N–H and O–H groups in total. The van der Waals surface area contributed by atoms with Crippen molar-refractivity contribution in [2.75, 3.05) is 46.4 Å². The highest BCUT2D eigenvalue weighted by molar-refractivity contribution is 9.10. The average molecular weight is 514 g/mol. The fourth-order valence-corrected chi connectivity index (χ4v) is 6.24. The van der Waals surface area contributed by atoms with E-state index in [1.54, 1.807) is 0 Å². The van der Waals surface area contributed by atoms with Crippen molar-refractivity contribution < 1.29 is 4.74 Å². The lowest BCUT2D eigenvalue weighted by Crippen LogP contribution is -2.40. The molecule has 0 atom stereocenters. The molecule has 0 amide bonds. The topological polar surface area (TPSA) is 15.7 Å². The molecule has 1 saturated heterocycles. The first-order chi connectivity index (χ1) is 15.1. The molecule has 0 bridgehead atoms. The van der Waals surface area contributed by atoms with Gasteiger partial charge in [-0.2, -0.15) is 0 Å². The Hall–Kier alpha value is -0.130. The summed E-state index contributed by atoms with van der Waals surface area (Å²) in [5.74, 6) is 1.75. The molecule has 2 aliphatic rings. The second kappa shape index (κ2) is 13.5. The summed E-state index contributed by atoms with van der Waals surface area (Å²) in [5.41, 5.74) is 1.37. The molecule has 1 aromatic rings. The molecule has 2 fully saturated rings. The van der Waals surface area contributed by atoms with E-state index in [9.17, 15) is 0 Å². The first-order valence-electron chi connectivity index (χ1n) is 12.5. The van der Waals surface area contributed by atoms with Gasteiger partial charge in [0.05, 0.1) is 6.61 Å². The van der Waals surface area contributed by atoms with E-state index in [1.807, 2.05) is 13.2 Å². The molecule has 31 heavy (non-hydrogen) atoms. The van der Waals surface area contributed by atoms with Gasteiger partial charge in [-0.05, 0) is 120 Å². The third kappa shape index (κ3) is 8.30. The highest BCUT2D eigenvalue weighted by Crippen LogP contribution is 2.31. The zero-order valence-corrected chi connectivity index (χ0v) is 22.0. The Bertz CT molecular complexity index is 642. The van der Waals surface area contributed by atoms with Crippen LogP contribution in [0.25, 0.3) is 0 Å². The van der Waals surface area contributed by atoms with E-state index in [2.05, 4.69) is 44.8 Å². The second-order valence-corrected chi connectivity index (χ2v) is 11.0. The van der Waals surface area contributed by atoms with Crippen molar-refractivity contribution in [1.82, 2.24) is 9.80 Å². The zero-order valence-electron chi connectivity index (χ0n) is 19.6. The second-order valence-electron chi connectivity index (χ2n) is 9.66. The van der Waals surface area contributed by atoms with Gasteiger partial charge in [-0.3, -0.25) is 4.90 Å². The summed E-state index contributed by atoms with van der Waals surface area (Å²) in [7, 11) is 1.81. The maximum atomic E-state index is 6.19. The minimum absolute atomic E-state index is 0.787. The van der Waals surface area contributed by atoms with Crippen LogP contribution in [0.2, 0.25) is 5.02 Å². The van der Waals surface area contributed by atoms with Crippen LogP contribution in [0.5, 0.6) is 0 Å². The van der Waals surface area contributed by atoms with Gasteiger partial charge in [0.25, 0.3) is 0 Å². The van der Waals surface area contributed by atoms with Crippen LogP contribution in [0.4, 0.5) is 0 Å². The van der Waals surface area contributed by atoms with Crippen LogP contribution in [0, 0.1) is 11.8 Å². The summed E-state index contributed by atoms with van der Waals surface area (Å²) in [4.78, 5) is 5.34. The molecule has 1 aliphatic carbocycles. The van der Waals surface area contributed by atoms with Gasteiger partial charge in [0.1, 0.15) is 0 Å². The molecule has 0 unspecified atom stereocenters. The predicted molar refractivity (Wildman–Crippen MR) is 136 cm³/mol. The van der Waals surface area contributed by atoms with E-state index in [0.717, 1.165) is 49.0 Å². The lowest BCUT2D eigenvalue weighted by atomic mass is 9.82. The number of ether oxygens (including phenoxy) is 1. The highest BCUT2D eigenvalue weighted by atomic mass is 79.9. The summed E-state index contributed by atoms with van der Waals surface area (Å²) in [6.45, 7) is 9.22. The van der Waals surface area contributed by atoms with Crippen molar-refractivity contribution in [2.24, 2.45) is 11.8 Å². The molecule has 1 aliphatic heterocycles. The standard InChI is InChI=1S/C26H42BrClN2O/c1-3-30(17-18-31-2)25-9-6-21(7-10-25)5-4-14-29-15-12-22(13-16-29)19-23-20-24(28)8-11-26(23)27/h8,11,20-22,25H,3-7,9-10,12-19H2,1-2H3/t21-,25-. The van der Waals surface area contributed by atoms with Crippen molar-refractivity contribution in [1.29, 1.82) is 0 Å². The molecule has 1 aromatic carbocycles. The molecule has 0 aromatic heterocycles. The molecular weight excluding hydrogens is 472 g/mol. The monoisotopic (exact) mass is 512 g/mol. The minimum atomic E-state index is 0.787. The van der Waals surface area contributed by atoms with Gasteiger partial charge in [-0.25, -0.2) is 0 Å². The molecule has 0 spiro atoms. The minimum Gasteiger partial charge on any atom is -0.383 e. The zero-order chi connectivity index (χ0) is 22.1. The number of piperidine rings is 1. The van der Waals surface area contributed by atoms with Crippen molar-refractivity contribution in [3.63, 3.8) is 0 Å². The number of hydrogen-bond donors (Lipinski definition) is 0. The number of benzene rings is 1. The first kappa shape index (κ1) is 25.5. The maximum absolute atomic E-state index is 6.19. The van der Waals surface area contributed by atoms with Crippen molar-refractivity contribution in [2.45, 2.75) is 70.8 Å². The molecule has 1 heterocycles. The number of likely N-dealkylation sites (tertiary alicyclic amines) is 1. The van der Waals surface area contributed by atoms with E-state index < -0.39 is 0 Å². The summed E-state index contributed by atoms with van der Waals surface area (Å²) in [6, 6.07) is 6.96. The Morgan fingerprint density at radius 3 is 2.52 bits per heavy atom. The van der Waals surface area contributed by atoms with Gasteiger partial charge < -0.3 is 9.64 Å². The maximum Gasteiger partial charge on any atom is 0.0589 e. The quantitative estimate of drug-likeness (QED) is 0.329. The van der Waals surface area contributed by atoms with Crippen molar-refractivity contribution in [3.05, 3.63) is 33.3 Å². The number of likely N-dealkylation sites (N-methyl/N-ethyl adjacent to an activating group) is 1. The lowest BCUT2D eigenvalue weighted by Gasteiger charge is -2.37. The summed E-state index contributed by atoms with van der Waals surface area (Å²) in [6.07, 6.45) is 12.2. The summed E-state index contributed by atoms with van der Waals surface area (Å²) in [5, 5.41) is 0.849. The number of nitrogens with zero attached hydrogens (tertiary/aromatic N) is 2. The summed E-state index contributed by atoms with van der Waals surface area (Å²) < 4.78 is 6.49. The van der Waals surface area contributed by atoms with Gasteiger partial charge in [0.2, 0.25) is 0 Å². The van der Waals surface area contributed by atoms with Crippen LogP contribution < -0.4 is 0 Å². The summed E-state index contributed by atoms with van der Waals surface area (Å²) >= 11 is 9.88. The van der Waals surface area contributed by atoms with E-state index in [-0.39, 0.29) is 0 Å². The molecule has 176 valence electrons. The van der Waals surface area contributed by atoms with E-state index >= 15 is 0 Å². The predicted octanol–water partition coefficient (Wildman–Crippen LogP) is 6.66. The highest BCUT2D eigenvalue weighted by Gasteiger charge is 2.25. The van der Waals surface area contributed by atoms with Crippen LogP contribution in [-0.4, -0.2) is 62.3 Å². The van der Waals surface area contributed by atoms with Gasteiger partial charge in [-0.1, -0.05) is 34.5 Å². The Kier molecular flexibility index (Phi) is 11.1. The fourth-order valence-electron chi connectivity index (χ4n) is 5.63. The smallest absolute Gasteiger partial charge is 0.0589 e. The Labute approximate surface area is 204 Å². The largest absolute Gasteiger partial charge is 0.383 e. The fraction of sp³-hybridized carbons (Fsp3) is 0.769. The van der Waals surface area contributed by atoms with E-state index in [1.165, 1.54) is 81.0 Å². The van der Waals surface area contributed by atoms with Gasteiger partial charge in [-0.15, -0.1) is 0 Å². The third-order valence-electron chi connectivity index (χ3n) is 7.63. The molecule has 3 rings (SSSR count). The molecule has 1 saturated carbocycles. The van der Waals surface area contributed by atoms with Crippen molar-refractivity contribution in [3.8, 4) is 0 Å². The van der Waals surface area contributed by atoms with E-state index in [0.29, 0.717) is 0 Å². The van der Waals surface area contributed by atoms with Gasteiger partial charge in [0, 0.05) is 29.2 Å². The Balaban J connectivity index is 1.29. The normalized spacial score (nSPS) is 23.5. The van der Waals surface area contributed by atoms with Crippen molar-refractivity contribution >= 4 is 27.5 Å². The number of rotatable bonds is 11. The molecule has 3 nitrogen and oxygen atoms in total. The van der Waals surface area contributed by atoms with Gasteiger partial charge in [0.15, 0.2) is 0 Å². The Morgan fingerprint density at radius 1 is 1.10 bits per heavy atom. The van der Waals surface area contributed by atoms with Crippen LogP contribution >= 0.6 is 27.5 Å². The molecule has 5 heteroatoms. The number of methoxy groups -OCH3 is 1. The van der Waals surface area contributed by atoms with E-state index in [4.69, 9.17) is 16.3 Å². The first-order valence-corrected chi connectivity index (χ1v) is 13.6. The third-order valence-corrected chi connectivity index (χ3v) is 8.64. The van der Waals surface area contributed by atoms with Crippen LogP contribution in [0.15, 0.2) is 22.7 Å². The molecule has 0 radical (unpaired) electrons. The lowest BCUT2D eigenvalue weighted by molar-refractivity contribution is 0.0947. The number of halogens is 2. The SMILES string of the molecule is CCN(CCOC)[C@H]1CC[C@H](CCCN2CCC(Cc3cc(Cl)ccc3Br)CC2)CC1. The average Bonchev–Trinajstić information content (AvgIpc) is 2.79. The number of hydrogen-bond acceptors (Lipinski definition) is 3. The van der Waals surface area contributed by atoms with Gasteiger partial charge >= 0.3 is 0 Å². The van der Waals surface area contributed by atoms with Crippen LogP contribution in [-0.2, 0) is 11.2 Å².